The van der Waals surface area contributed by atoms with Crippen LogP contribution >= 0.6 is 11.6 Å². The van der Waals surface area contributed by atoms with Crippen molar-refractivity contribution in [3.05, 3.63) is 87.9 Å². The number of hydrogen-bond donors (Lipinski definition) is 2. The second kappa shape index (κ2) is 15.8. The van der Waals surface area contributed by atoms with Crippen LogP contribution in [0.4, 0.5) is 11.4 Å². The molecule has 3 aromatic carbocycles. The van der Waals surface area contributed by atoms with Gasteiger partial charge in [0.15, 0.2) is 0 Å². The molecule has 1 aliphatic carbocycles. The highest BCUT2D eigenvalue weighted by Crippen LogP contribution is 2.55. The van der Waals surface area contributed by atoms with Crippen LogP contribution in [0, 0.1) is 28.1 Å². The lowest BCUT2D eigenvalue weighted by Gasteiger charge is -2.63. The number of benzene rings is 3. The van der Waals surface area contributed by atoms with Crippen LogP contribution in [0.15, 0.2) is 60.7 Å². The third-order valence-corrected chi connectivity index (χ3v) is 13.9. The van der Waals surface area contributed by atoms with Gasteiger partial charge in [-0.2, -0.15) is 5.26 Å². The maximum Gasteiger partial charge on any atom is 0.262 e. The van der Waals surface area contributed by atoms with E-state index >= 15 is 0 Å². The van der Waals surface area contributed by atoms with E-state index in [0.717, 1.165) is 42.2 Å². The maximum absolute atomic E-state index is 13.8. The SMILES string of the molecule is CN(C(=O)[C@@H]1CCN(c2ccc3c(c2)C(=O)N(C2CCC(=O)NC2=O)C3=O)C1)C1CCN(c2ccc(C(=O)NC3C(C)(C)C(Oc4ccc(C#N)c(Cl)c4)C3(C)C)cc2)CC1. The van der Waals surface area contributed by atoms with Gasteiger partial charge < -0.3 is 24.8 Å². The monoisotopic (exact) mass is 847 g/mol. The number of rotatable bonds is 9. The molecule has 1 unspecified atom stereocenters. The number of imide groups is 2. The first kappa shape index (κ1) is 41.8. The highest BCUT2D eigenvalue weighted by Gasteiger charge is 2.64. The van der Waals surface area contributed by atoms with Crippen molar-refractivity contribution in [2.24, 2.45) is 16.7 Å². The van der Waals surface area contributed by atoms with Crippen LogP contribution in [-0.4, -0.2) is 103 Å². The van der Waals surface area contributed by atoms with E-state index in [1.165, 1.54) is 0 Å². The predicted molar refractivity (Wildman–Crippen MR) is 227 cm³/mol. The van der Waals surface area contributed by atoms with Gasteiger partial charge in [-0.05, 0) is 80.3 Å². The number of nitriles is 1. The maximum atomic E-state index is 13.8. The molecule has 2 atom stereocenters. The second-order valence-electron chi connectivity index (χ2n) is 18.1. The van der Waals surface area contributed by atoms with E-state index in [-0.39, 0.29) is 70.7 Å². The highest BCUT2D eigenvalue weighted by molar-refractivity contribution is 6.31. The molecule has 5 aliphatic rings. The van der Waals surface area contributed by atoms with Crippen molar-refractivity contribution in [2.75, 3.05) is 43.0 Å². The van der Waals surface area contributed by atoms with Crippen LogP contribution in [0.3, 0.4) is 0 Å². The van der Waals surface area contributed by atoms with Crippen LogP contribution in [0.25, 0.3) is 0 Å². The molecule has 3 aromatic rings. The number of anilines is 2. The Morgan fingerprint density at radius 2 is 1.51 bits per heavy atom. The average molecular weight is 848 g/mol. The first-order valence-corrected chi connectivity index (χ1v) is 21.3. The van der Waals surface area contributed by atoms with E-state index in [0.29, 0.717) is 41.4 Å². The van der Waals surface area contributed by atoms with Gasteiger partial charge in [-0.3, -0.25) is 39.0 Å². The molecule has 2 N–H and O–H groups in total. The molecule has 4 aliphatic heterocycles. The molecule has 1 saturated carbocycles. The van der Waals surface area contributed by atoms with Crippen molar-refractivity contribution in [1.29, 1.82) is 5.26 Å². The molecule has 8 rings (SSSR count). The number of nitrogens with one attached hydrogen (secondary N) is 2. The van der Waals surface area contributed by atoms with Gasteiger partial charge in [-0.25, -0.2) is 0 Å². The molecule has 61 heavy (non-hydrogen) atoms. The van der Waals surface area contributed by atoms with Crippen LogP contribution in [0.5, 0.6) is 5.75 Å². The number of ether oxygens (including phenoxy) is 1. The van der Waals surface area contributed by atoms with Gasteiger partial charge in [0.25, 0.3) is 17.7 Å². The van der Waals surface area contributed by atoms with E-state index in [1.54, 1.807) is 36.4 Å². The molecule has 6 amide bonds. The zero-order chi connectivity index (χ0) is 43.5. The number of fused-ring (bicyclic) bond motifs is 1. The molecule has 318 valence electrons. The molecular weight excluding hydrogens is 798 g/mol. The second-order valence-corrected chi connectivity index (χ2v) is 18.5. The zero-order valence-corrected chi connectivity index (χ0v) is 35.8. The lowest BCUT2D eigenvalue weighted by molar-refractivity contribution is -0.164. The number of carbonyl (C=O) groups excluding carboxylic acids is 6. The minimum absolute atomic E-state index is 0.0558. The summed E-state index contributed by atoms with van der Waals surface area (Å²) in [4.78, 5) is 85.2. The van der Waals surface area contributed by atoms with Crippen LogP contribution in [0.2, 0.25) is 5.02 Å². The fraction of sp³-hybridized carbons (Fsp3) is 0.457. The normalized spacial score (nSPS) is 24.4. The first-order chi connectivity index (χ1) is 29.0. The zero-order valence-electron chi connectivity index (χ0n) is 35.0. The Kier molecular flexibility index (Phi) is 10.8. The van der Waals surface area contributed by atoms with Crippen molar-refractivity contribution in [3.63, 3.8) is 0 Å². The summed E-state index contributed by atoms with van der Waals surface area (Å²) in [6, 6.07) is 18.7. The van der Waals surface area contributed by atoms with Crippen LogP contribution < -0.4 is 25.2 Å². The Balaban J connectivity index is 0.817. The Hall–Kier alpha value is -5.94. The molecule has 0 aromatic heterocycles. The highest BCUT2D eigenvalue weighted by atomic mass is 35.5. The van der Waals surface area contributed by atoms with Crippen molar-refractivity contribution in [3.8, 4) is 11.8 Å². The largest absolute Gasteiger partial charge is 0.489 e. The standard InChI is InChI=1S/C46H50ClN7O7/c1-45(2)43(46(3,4)44(45)61-32-12-8-27(24-48)35(47)23-32)50-38(56)26-6-9-30(10-7-26)52-20-17-29(18-21-52)51(5)40(58)28-16-19-53(25-28)31-11-13-33-34(22-31)42(60)54(41(33)59)36-14-15-37(55)49-39(36)57/h6-13,22-23,28-29,36,43-44H,14-21,25H2,1-5H3,(H,50,56)(H,49,55,57)/t28-,36?,43?,44?/m1/s1. The minimum Gasteiger partial charge on any atom is -0.489 e. The molecule has 4 fully saturated rings. The number of hydrogen-bond acceptors (Lipinski definition) is 10. The summed E-state index contributed by atoms with van der Waals surface area (Å²) < 4.78 is 6.37. The van der Waals surface area contributed by atoms with E-state index in [4.69, 9.17) is 16.3 Å². The number of nitrogens with zero attached hydrogens (tertiary/aromatic N) is 5. The van der Waals surface area contributed by atoms with Gasteiger partial charge in [0.2, 0.25) is 17.7 Å². The van der Waals surface area contributed by atoms with E-state index in [2.05, 4.69) is 54.2 Å². The number of piperidine rings is 2. The van der Waals surface area contributed by atoms with Crippen molar-refractivity contribution < 1.29 is 33.5 Å². The molecule has 14 nitrogen and oxygen atoms in total. The molecule has 4 heterocycles. The lowest BCUT2D eigenvalue weighted by Crippen LogP contribution is -2.74. The predicted octanol–water partition coefficient (Wildman–Crippen LogP) is 5.18. The fourth-order valence-corrected chi connectivity index (χ4v) is 10.7. The molecule has 0 spiro atoms. The average Bonchev–Trinajstić information content (AvgIpc) is 3.84. The van der Waals surface area contributed by atoms with Crippen molar-refractivity contribution in [2.45, 2.75) is 84.0 Å². The topological polar surface area (TPSA) is 172 Å². The summed E-state index contributed by atoms with van der Waals surface area (Å²) in [5.41, 5.74) is 2.39. The molecular formula is C46H50ClN7O7. The molecule has 0 radical (unpaired) electrons. The van der Waals surface area contributed by atoms with E-state index in [1.807, 2.05) is 36.2 Å². The smallest absolute Gasteiger partial charge is 0.262 e. The third kappa shape index (κ3) is 7.47. The van der Waals surface area contributed by atoms with Crippen LogP contribution in [0.1, 0.15) is 96.4 Å². The summed E-state index contributed by atoms with van der Waals surface area (Å²) in [7, 11) is 1.88. The first-order valence-electron chi connectivity index (χ1n) is 20.9. The molecule has 3 saturated heterocycles. The van der Waals surface area contributed by atoms with Crippen LogP contribution in [-0.2, 0) is 14.4 Å². The summed E-state index contributed by atoms with van der Waals surface area (Å²) >= 11 is 6.25. The third-order valence-electron chi connectivity index (χ3n) is 13.6. The molecule has 0 bridgehead atoms. The molecule has 15 heteroatoms. The van der Waals surface area contributed by atoms with Gasteiger partial charge >= 0.3 is 0 Å². The van der Waals surface area contributed by atoms with Gasteiger partial charge in [-0.1, -0.05) is 39.3 Å². The van der Waals surface area contributed by atoms with Gasteiger partial charge in [0.1, 0.15) is 24.0 Å². The van der Waals surface area contributed by atoms with Crippen molar-refractivity contribution in [1.82, 2.24) is 20.4 Å². The summed E-state index contributed by atoms with van der Waals surface area (Å²) in [5.74, 6) is -1.88. The fourth-order valence-electron chi connectivity index (χ4n) is 10.5. The lowest BCUT2D eigenvalue weighted by atomic mass is 9.49. The van der Waals surface area contributed by atoms with Gasteiger partial charge in [0, 0.05) is 85.6 Å². The van der Waals surface area contributed by atoms with E-state index in [9.17, 15) is 34.0 Å². The summed E-state index contributed by atoms with van der Waals surface area (Å²) in [6.07, 6.45) is 2.20. The Bertz CT molecular complexity index is 2350. The number of halogens is 1. The Morgan fingerprint density at radius 1 is 0.852 bits per heavy atom. The van der Waals surface area contributed by atoms with E-state index < -0.39 is 29.7 Å². The van der Waals surface area contributed by atoms with Gasteiger partial charge in [0.05, 0.1) is 27.6 Å². The quantitative estimate of drug-likeness (QED) is 0.274. The summed E-state index contributed by atoms with van der Waals surface area (Å²) in [6.45, 7) is 10.9. The number of amides is 6. The Labute approximate surface area is 360 Å². The van der Waals surface area contributed by atoms with Crippen molar-refractivity contribution >= 4 is 58.4 Å². The summed E-state index contributed by atoms with van der Waals surface area (Å²) in [5, 5.41) is 15.0. The minimum atomic E-state index is -1.03. The Morgan fingerprint density at radius 3 is 2.16 bits per heavy atom. The number of carbonyl (C=O) groups is 6. The van der Waals surface area contributed by atoms with Gasteiger partial charge in [-0.15, -0.1) is 0 Å².